The summed E-state index contributed by atoms with van der Waals surface area (Å²) in [6.45, 7) is 3.60. The molecule has 0 bridgehead atoms. The van der Waals surface area contributed by atoms with E-state index in [2.05, 4.69) is 21.2 Å². The summed E-state index contributed by atoms with van der Waals surface area (Å²) >= 11 is 8.07. The van der Waals surface area contributed by atoms with Gasteiger partial charge >= 0.3 is 0 Å². The van der Waals surface area contributed by atoms with Crippen molar-refractivity contribution < 1.29 is 9.18 Å². The third-order valence-corrected chi connectivity index (χ3v) is 3.67. The van der Waals surface area contributed by atoms with Gasteiger partial charge in [0, 0.05) is 10.0 Å². The fourth-order valence-corrected chi connectivity index (χ4v) is 1.99. The first-order chi connectivity index (χ1) is 8.28. The van der Waals surface area contributed by atoms with Gasteiger partial charge in [0.1, 0.15) is 5.82 Å². The quantitative estimate of drug-likeness (QED) is 0.833. The van der Waals surface area contributed by atoms with E-state index < -0.39 is 17.3 Å². The van der Waals surface area contributed by atoms with Crippen LogP contribution in [-0.2, 0) is 0 Å². The Morgan fingerprint density at radius 1 is 1.56 bits per heavy atom. The van der Waals surface area contributed by atoms with Gasteiger partial charge < -0.3 is 11.1 Å². The summed E-state index contributed by atoms with van der Waals surface area (Å²) < 4.78 is 13.7. The topological polar surface area (TPSA) is 55.1 Å². The fourth-order valence-electron chi connectivity index (χ4n) is 1.33. The van der Waals surface area contributed by atoms with Crippen molar-refractivity contribution in [2.24, 2.45) is 5.73 Å². The van der Waals surface area contributed by atoms with Crippen LogP contribution < -0.4 is 11.1 Å². The number of hydrogen-bond donors (Lipinski definition) is 2. The van der Waals surface area contributed by atoms with Crippen molar-refractivity contribution in [3.63, 3.8) is 0 Å². The van der Waals surface area contributed by atoms with Gasteiger partial charge in [0.15, 0.2) is 0 Å². The van der Waals surface area contributed by atoms with Crippen LogP contribution in [0.15, 0.2) is 22.7 Å². The molecule has 0 aliphatic carbocycles. The number of carbonyl (C=O) groups is 1. The molecule has 1 atom stereocenters. The molecule has 0 heterocycles. The van der Waals surface area contributed by atoms with Crippen molar-refractivity contribution in [3.8, 4) is 0 Å². The van der Waals surface area contributed by atoms with E-state index >= 15 is 0 Å². The summed E-state index contributed by atoms with van der Waals surface area (Å²) in [6.07, 6.45) is 0.560. The molecule has 6 heteroatoms. The van der Waals surface area contributed by atoms with Crippen molar-refractivity contribution in [2.75, 3.05) is 0 Å². The van der Waals surface area contributed by atoms with Crippen LogP contribution in [0.2, 0.25) is 0 Å². The number of halogens is 2. The third kappa shape index (κ3) is 3.49. The van der Waals surface area contributed by atoms with Crippen molar-refractivity contribution in [1.82, 2.24) is 5.32 Å². The van der Waals surface area contributed by atoms with E-state index in [4.69, 9.17) is 18.0 Å². The number of hydrogen-bond acceptors (Lipinski definition) is 2. The predicted molar refractivity (Wildman–Crippen MR) is 77.0 cm³/mol. The Balaban J connectivity index is 2.98. The van der Waals surface area contributed by atoms with Gasteiger partial charge in [-0.3, -0.25) is 4.79 Å². The van der Waals surface area contributed by atoms with E-state index in [0.717, 1.165) is 6.07 Å². The van der Waals surface area contributed by atoms with E-state index in [1.807, 2.05) is 6.92 Å². The summed E-state index contributed by atoms with van der Waals surface area (Å²) in [6, 6.07) is 3.98. The fraction of sp³-hybridized carbons (Fsp3) is 0.333. The minimum Gasteiger partial charge on any atom is -0.391 e. The smallest absolute Gasteiger partial charge is 0.252 e. The summed E-state index contributed by atoms with van der Waals surface area (Å²) in [5.41, 5.74) is 5.05. The predicted octanol–water partition coefficient (Wildman–Crippen LogP) is 2.77. The van der Waals surface area contributed by atoms with E-state index in [0.29, 0.717) is 10.9 Å². The first kappa shape index (κ1) is 15.0. The van der Waals surface area contributed by atoms with Crippen LogP contribution >= 0.6 is 28.1 Å². The Morgan fingerprint density at radius 3 is 2.61 bits per heavy atom. The number of thiocarbonyl (C=S) groups is 1. The Labute approximate surface area is 119 Å². The molecule has 1 amide bonds. The highest BCUT2D eigenvalue weighted by Crippen LogP contribution is 2.17. The molecule has 0 aliphatic rings. The lowest BCUT2D eigenvalue weighted by atomic mass is 9.98. The Kier molecular flexibility index (Phi) is 4.81. The average molecular weight is 333 g/mol. The van der Waals surface area contributed by atoms with Crippen LogP contribution in [0.4, 0.5) is 4.39 Å². The third-order valence-electron chi connectivity index (χ3n) is 2.77. The lowest BCUT2D eigenvalue weighted by Crippen LogP contribution is -2.54. The second-order valence-electron chi connectivity index (χ2n) is 4.16. The molecule has 0 aromatic heterocycles. The van der Waals surface area contributed by atoms with E-state index in [1.165, 1.54) is 12.1 Å². The van der Waals surface area contributed by atoms with Gasteiger partial charge in [0.25, 0.3) is 5.91 Å². The monoisotopic (exact) mass is 332 g/mol. The van der Waals surface area contributed by atoms with Gasteiger partial charge in [-0.05, 0) is 31.5 Å². The summed E-state index contributed by atoms with van der Waals surface area (Å²) in [5, 5.41) is 2.72. The number of benzene rings is 1. The number of nitrogens with two attached hydrogens (primary N) is 1. The normalized spacial score (nSPS) is 13.8. The minimum absolute atomic E-state index is 0.203. The van der Waals surface area contributed by atoms with Crippen LogP contribution in [-0.4, -0.2) is 16.4 Å². The molecule has 98 valence electrons. The molecule has 1 aromatic rings. The maximum Gasteiger partial charge on any atom is 0.252 e. The van der Waals surface area contributed by atoms with Crippen molar-refractivity contribution in [3.05, 3.63) is 34.1 Å². The molecular formula is C12H14BrFN2OS. The zero-order chi connectivity index (χ0) is 13.9. The van der Waals surface area contributed by atoms with E-state index in [9.17, 15) is 9.18 Å². The average Bonchev–Trinajstić information content (AvgIpc) is 2.27. The van der Waals surface area contributed by atoms with Crippen LogP contribution in [0, 0.1) is 5.82 Å². The molecular weight excluding hydrogens is 319 g/mol. The molecule has 1 aromatic carbocycles. The second-order valence-corrected chi connectivity index (χ2v) is 5.52. The Hall–Kier alpha value is -1.01. The largest absolute Gasteiger partial charge is 0.391 e. The molecule has 0 fully saturated rings. The molecule has 0 radical (unpaired) electrons. The molecule has 3 nitrogen and oxygen atoms in total. The highest BCUT2D eigenvalue weighted by atomic mass is 79.9. The van der Waals surface area contributed by atoms with Crippen LogP contribution in [0.5, 0.6) is 0 Å². The van der Waals surface area contributed by atoms with E-state index in [-0.39, 0.29) is 10.6 Å². The molecule has 18 heavy (non-hydrogen) atoms. The van der Waals surface area contributed by atoms with Crippen LogP contribution in [0.3, 0.4) is 0 Å². The first-order valence-electron chi connectivity index (χ1n) is 5.37. The van der Waals surface area contributed by atoms with Gasteiger partial charge in [-0.1, -0.05) is 35.1 Å². The molecule has 0 saturated heterocycles. The molecule has 1 unspecified atom stereocenters. The van der Waals surface area contributed by atoms with Crippen molar-refractivity contribution in [2.45, 2.75) is 25.8 Å². The standard InChI is InChI=1S/C12H14BrFN2OS/c1-3-12(2,11(15)18)16-10(17)7-4-8(13)6-9(14)5-7/h4-6H,3H2,1-2H3,(H2,15,18)(H,16,17). The van der Waals surface area contributed by atoms with Crippen molar-refractivity contribution >= 4 is 39.0 Å². The lowest BCUT2D eigenvalue weighted by molar-refractivity contribution is 0.0926. The number of amides is 1. The number of carbonyl (C=O) groups excluding carboxylic acids is 1. The van der Waals surface area contributed by atoms with Gasteiger partial charge in [-0.15, -0.1) is 0 Å². The lowest BCUT2D eigenvalue weighted by Gasteiger charge is -2.28. The molecule has 0 saturated carbocycles. The molecule has 0 spiro atoms. The number of rotatable bonds is 4. The molecule has 1 rings (SSSR count). The zero-order valence-corrected chi connectivity index (χ0v) is 12.5. The Morgan fingerprint density at radius 2 is 2.17 bits per heavy atom. The van der Waals surface area contributed by atoms with Gasteiger partial charge in [0.2, 0.25) is 0 Å². The zero-order valence-electron chi connectivity index (χ0n) is 10.1. The van der Waals surface area contributed by atoms with Gasteiger partial charge in [-0.2, -0.15) is 0 Å². The van der Waals surface area contributed by atoms with Crippen LogP contribution in [0.1, 0.15) is 30.6 Å². The SMILES string of the molecule is CCC(C)(NC(=O)c1cc(F)cc(Br)c1)C(N)=S. The number of nitrogens with one attached hydrogen (secondary N) is 1. The maximum absolute atomic E-state index is 13.2. The summed E-state index contributed by atoms with van der Waals surface area (Å²) in [7, 11) is 0. The second kappa shape index (κ2) is 5.75. The summed E-state index contributed by atoms with van der Waals surface area (Å²) in [4.78, 5) is 12.2. The maximum atomic E-state index is 13.2. The van der Waals surface area contributed by atoms with Gasteiger partial charge in [0.05, 0.1) is 10.5 Å². The molecule has 0 aliphatic heterocycles. The summed E-state index contributed by atoms with van der Waals surface area (Å²) in [5.74, 6) is -0.893. The van der Waals surface area contributed by atoms with Crippen LogP contribution in [0.25, 0.3) is 0 Å². The van der Waals surface area contributed by atoms with Crippen molar-refractivity contribution in [1.29, 1.82) is 0 Å². The van der Waals surface area contributed by atoms with Gasteiger partial charge in [-0.25, -0.2) is 4.39 Å². The first-order valence-corrected chi connectivity index (χ1v) is 6.57. The molecule has 3 N–H and O–H groups in total. The highest BCUT2D eigenvalue weighted by molar-refractivity contribution is 9.10. The highest BCUT2D eigenvalue weighted by Gasteiger charge is 2.28. The minimum atomic E-state index is -0.773. The Bertz CT molecular complexity index is 475. The van der Waals surface area contributed by atoms with E-state index in [1.54, 1.807) is 6.92 Å².